The van der Waals surface area contributed by atoms with E-state index < -0.39 is 11.6 Å². The second-order valence-electron chi connectivity index (χ2n) is 5.96. The molecule has 130 valence electrons. The summed E-state index contributed by atoms with van der Waals surface area (Å²) in [7, 11) is 1.61. The molecule has 2 aliphatic rings. The number of hydrogen-bond acceptors (Lipinski definition) is 5. The summed E-state index contributed by atoms with van der Waals surface area (Å²) in [6.45, 7) is 6.61. The number of rotatable bonds is 4. The fraction of sp³-hybridized carbons (Fsp3) is 0.529. The number of carbonyl (C=O) groups excluding carboxylic acids is 1. The van der Waals surface area contributed by atoms with Crippen molar-refractivity contribution >= 4 is 23.3 Å². The molecular formula is C17H22N2O4S. The minimum Gasteiger partial charge on any atom is -0.497 e. The molecule has 0 unspecified atom stereocenters. The van der Waals surface area contributed by atoms with Crippen LogP contribution >= 0.6 is 12.2 Å². The van der Waals surface area contributed by atoms with Crippen LogP contribution in [0.5, 0.6) is 11.5 Å². The zero-order valence-corrected chi connectivity index (χ0v) is 15.1. The fourth-order valence-electron chi connectivity index (χ4n) is 3.61. The van der Waals surface area contributed by atoms with Gasteiger partial charge in [0.05, 0.1) is 19.8 Å². The summed E-state index contributed by atoms with van der Waals surface area (Å²) in [4.78, 5) is 14.6. The van der Waals surface area contributed by atoms with Crippen molar-refractivity contribution in [2.45, 2.75) is 32.5 Å². The average Bonchev–Trinajstić information content (AvgIpc) is 2.54. The first-order chi connectivity index (χ1) is 11.5. The van der Waals surface area contributed by atoms with Gasteiger partial charge in [0, 0.05) is 12.1 Å². The molecule has 2 aliphatic heterocycles. The van der Waals surface area contributed by atoms with E-state index in [-0.39, 0.29) is 12.0 Å². The first-order valence-electron chi connectivity index (χ1n) is 8.08. The first-order valence-corrected chi connectivity index (χ1v) is 8.48. The van der Waals surface area contributed by atoms with Crippen LogP contribution in [0.2, 0.25) is 0 Å². The van der Waals surface area contributed by atoms with Crippen LogP contribution < -0.4 is 14.8 Å². The maximum absolute atomic E-state index is 12.7. The van der Waals surface area contributed by atoms with Crippen molar-refractivity contribution in [2.24, 2.45) is 5.92 Å². The first kappa shape index (κ1) is 16.8. The second-order valence-corrected chi connectivity index (χ2v) is 6.35. The van der Waals surface area contributed by atoms with E-state index in [1.165, 1.54) is 0 Å². The van der Waals surface area contributed by atoms with Crippen LogP contribution in [0.1, 0.15) is 32.4 Å². The largest absolute Gasteiger partial charge is 0.497 e. The van der Waals surface area contributed by atoms with Crippen molar-refractivity contribution in [1.82, 2.24) is 10.2 Å². The summed E-state index contributed by atoms with van der Waals surface area (Å²) < 4.78 is 16.9. The van der Waals surface area contributed by atoms with Crippen LogP contribution in [0.3, 0.4) is 0 Å². The van der Waals surface area contributed by atoms with Crippen molar-refractivity contribution < 1.29 is 19.0 Å². The van der Waals surface area contributed by atoms with Gasteiger partial charge in [-0.2, -0.15) is 0 Å². The molecule has 24 heavy (non-hydrogen) atoms. The Kier molecular flexibility index (Phi) is 4.29. The maximum Gasteiger partial charge on any atom is 0.317 e. The van der Waals surface area contributed by atoms with E-state index in [0.717, 1.165) is 11.3 Å². The topological polar surface area (TPSA) is 60.0 Å². The van der Waals surface area contributed by atoms with E-state index in [4.69, 9.17) is 26.4 Å². The highest BCUT2D eigenvalue weighted by Crippen LogP contribution is 2.49. The van der Waals surface area contributed by atoms with Gasteiger partial charge in [-0.05, 0) is 51.2 Å². The molecule has 1 aromatic carbocycles. The highest BCUT2D eigenvalue weighted by molar-refractivity contribution is 7.80. The Morgan fingerprint density at radius 2 is 2.21 bits per heavy atom. The van der Waals surface area contributed by atoms with Gasteiger partial charge in [0.2, 0.25) is 0 Å². The van der Waals surface area contributed by atoms with Crippen molar-refractivity contribution in [3.63, 3.8) is 0 Å². The van der Waals surface area contributed by atoms with E-state index in [9.17, 15) is 4.79 Å². The Labute approximate surface area is 147 Å². The van der Waals surface area contributed by atoms with Crippen LogP contribution in [-0.2, 0) is 9.53 Å². The van der Waals surface area contributed by atoms with Gasteiger partial charge >= 0.3 is 5.97 Å². The Bertz CT molecular complexity index is 681. The SMILES string of the molecule is CCOC(=O)[C@@H]1[C@@H]2NC(=S)N(CC)[C@@]1(C)Oc1ccc(OC)cc12. The molecule has 3 atom stereocenters. The highest BCUT2D eigenvalue weighted by Gasteiger charge is 2.59. The Morgan fingerprint density at radius 1 is 1.46 bits per heavy atom. The van der Waals surface area contributed by atoms with Gasteiger partial charge in [0.15, 0.2) is 10.8 Å². The number of esters is 1. The second kappa shape index (κ2) is 6.12. The third-order valence-corrected chi connectivity index (χ3v) is 5.03. The molecule has 2 bridgehead atoms. The van der Waals surface area contributed by atoms with Gasteiger partial charge in [0.1, 0.15) is 17.4 Å². The molecule has 0 spiro atoms. The van der Waals surface area contributed by atoms with Crippen molar-refractivity contribution in [3.05, 3.63) is 23.8 Å². The summed E-state index contributed by atoms with van der Waals surface area (Å²) in [5, 5.41) is 3.86. The number of nitrogens with zero attached hydrogens (tertiary/aromatic N) is 1. The van der Waals surface area contributed by atoms with E-state index in [0.29, 0.717) is 24.0 Å². The molecule has 1 fully saturated rings. The summed E-state index contributed by atoms with van der Waals surface area (Å²) in [5.74, 6) is 0.585. The summed E-state index contributed by atoms with van der Waals surface area (Å²) in [6.07, 6.45) is 0. The minimum atomic E-state index is -0.893. The summed E-state index contributed by atoms with van der Waals surface area (Å²) in [6, 6.07) is 5.27. The van der Waals surface area contributed by atoms with Crippen LogP contribution in [0.25, 0.3) is 0 Å². The Balaban J connectivity index is 2.14. The number of benzene rings is 1. The third kappa shape index (κ3) is 2.38. The quantitative estimate of drug-likeness (QED) is 0.660. The molecule has 1 N–H and O–H groups in total. The van der Waals surface area contributed by atoms with Crippen LogP contribution in [0.4, 0.5) is 0 Å². The normalized spacial score (nSPS) is 27.7. The molecule has 0 radical (unpaired) electrons. The Hall–Kier alpha value is -2.02. The maximum atomic E-state index is 12.7. The van der Waals surface area contributed by atoms with E-state index in [1.807, 2.05) is 36.9 Å². The number of thiocarbonyl (C=S) groups is 1. The standard InChI is InChI=1S/C17H22N2O4S/c1-5-19-16(24)18-14-11-9-10(21-4)7-8-12(11)23-17(19,3)13(14)15(20)22-6-2/h7-9,13-14H,5-6H2,1-4H3,(H,18,24)/t13-,14+,17-/m0/s1. The number of carbonyl (C=O) groups is 1. The lowest BCUT2D eigenvalue weighted by molar-refractivity contribution is -0.174. The van der Waals surface area contributed by atoms with E-state index >= 15 is 0 Å². The molecule has 0 amide bonds. The molecule has 1 aromatic rings. The molecule has 0 aromatic heterocycles. The van der Waals surface area contributed by atoms with Crippen molar-refractivity contribution in [3.8, 4) is 11.5 Å². The number of methoxy groups -OCH3 is 1. The lowest BCUT2D eigenvalue weighted by Crippen LogP contribution is -2.71. The third-order valence-electron chi connectivity index (χ3n) is 4.70. The molecule has 7 heteroatoms. The monoisotopic (exact) mass is 350 g/mol. The molecule has 1 saturated heterocycles. The lowest BCUT2D eigenvalue weighted by Gasteiger charge is -2.55. The summed E-state index contributed by atoms with van der Waals surface area (Å²) >= 11 is 5.50. The van der Waals surface area contributed by atoms with Gasteiger partial charge < -0.3 is 24.4 Å². The number of fused-ring (bicyclic) bond motifs is 4. The fourth-order valence-corrected chi connectivity index (χ4v) is 4.04. The highest BCUT2D eigenvalue weighted by atomic mass is 32.1. The predicted molar refractivity (Wildman–Crippen MR) is 93.0 cm³/mol. The van der Waals surface area contributed by atoms with Gasteiger partial charge in [-0.15, -0.1) is 0 Å². The predicted octanol–water partition coefficient (Wildman–Crippen LogP) is 2.23. The average molecular weight is 350 g/mol. The molecule has 2 heterocycles. The minimum absolute atomic E-state index is 0.299. The molecule has 0 saturated carbocycles. The van der Waals surface area contributed by atoms with Crippen LogP contribution in [0, 0.1) is 5.92 Å². The number of ether oxygens (including phenoxy) is 3. The lowest BCUT2D eigenvalue weighted by atomic mass is 9.79. The van der Waals surface area contributed by atoms with Crippen LogP contribution in [0.15, 0.2) is 18.2 Å². The van der Waals surface area contributed by atoms with Crippen LogP contribution in [-0.4, -0.2) is 42.0 Å². The Morgan fingerprint density at radius 3 is 2.83 bits per heavy atom. The molecule has 0 aliphatic carbocycles. The van der Waals surface area contributed by atoms with Gasteiger partial charge in [0.25, 0.3) is 0 Å². The summed E-state index contributed by atoms with van der Waals surface area (Å²) in [5.41, 5.74) is -0.0433. The molecule has 6 nitrogen and oxygen atoms in total. The van der Waals surface area contributed by atoms with E-state index in [2.05, 4.69) is 5.32 Å². The smallest absolute Gasteiger partial charge is 0.317 e. The molecule has 3 rings (SSSR count). The number of hydrogen-bond donors (Lipinski definition) is 1. The van der Waals surface area contributed by atoms with E-state index in [1.54, 1.807) is 14.0 Å². The zero-order chi connectivity index (χ0) is 17.5. The van der Waals surface area contributed by atoms with Gasteiger partial charge in [-0.25, -0.2) is 0 Å². The zero-order valence-electron chi connectivity index (χ0n) is 14.3. The molecular weight excluding hydrogens is 328 g/mol. The van der Waals surface area contributed by atoms with Crippen molar-refractivity contribution in [2.75, 3.05) is 20.3 Å². The van der Waals surface area contributed by atoms with Gasteiger partial charge in [-0.3, -0.25) is 4.79 Å². The van der Waals surface area contributed by atoms with Crippen molar-refractivity contribution in [1.29, 1.82) is 0 Å². The van der Waals surface area contributed by atoms with Gasteiger partial charge in [-0.1, -0.05) is 0 Å². The number of nitrogens with one attached hydrogen (secondary N) is 1.